The van der Waals surface area contributed by atoms with E-state index in [1.807, 2.05) is 31.2 Å². The molecule has 0 atom stereocenters. The molecule has 0 saturated carbocycles. The summed E-state index contributed by atoms with van der Waals surface area (Å²) in [6, 6.07) is 13.2. The van der Waals surface area contributed by atoms with Crippen LogP contribution < -0.4 is 11.1 Å². The molecule has 1 amide bonds. The van der Waals surface area contributed by atoms with Crippen molar-refractivity contribution < 1.29 is 4.79 Å². The van der Waals surface area contributed by atoms with Crippen molar-refractivity contribution in [2.45, 2.75) is 19.8 Å². The summed E-state index contributed by atoms with van der Waals surface area (Å²) in [6.45, 7) is 2.04. The Morgan fingerprint density at radius 2 is 1.90 bits per heavy atom. The fraction of sp³-hybridized carbons (Fsp3) is 0.188. The van der Waals surface area contributed by atoms with Crippen molar-refractivity contribution in [3.8, 4) is 0 Å². The van der Waals surface area contributed by atoms with Crippen LogP contribution in [0.3, 0.4) is 0 Å². The summed E-state index contributed by atoms with van der Waals surface area (Å²) in [5, 5.41) is 3.33. The molecule has 2 aromatic carbocycles. The maximum absolute atomic E-state index is 11.9. The topological polar surface area (TPSA) is 55.1 Å². The van der Waals surface area contributed by atoms with Gasteiger partial charge in [-0.2, -0.15) is 0 Å². The first kappa shape index (κ1) is 14.4. The van der Waals surface area contributed by atoms with Crippen molar-refractivity contribution in [3.05, 3.63) is 58.6 Å². The maximum atomic E-state index is 11.9. The number of nitrogens with two attached hydrogens (primary N) is 1. The Morgan fingerprint density at radius 1 is 1.20 bits per heavy atom. The van der Waals surface area contributed by atoms with Crippen molar-refractivity contribution in [3.63, 3.8) is 0 Å². The highest BCUT2D eigenvalue weighted by Gasteiger charge is 2.06. The Balaban J connectivity index is 1.92. The molecule has 0 heterocycles. The maximum Gasteiger partial charge on any atom is 0.224 e. The van der Waals surface area contributed by atoms with E-state index in [0.717, 1.165) is 5.56 Å². The zero-order valence-corrected chi connectivity index (χ0v) is 12.1. The summed E-state index contributed by atoms with van der Waals surface area (Å²) in [5.74, 6) is -0.0699. The first-order chi connectivity index (χ1) is 9.54. The molecule has 0 aromatic heterocycles. The molecule has 0 bridgehead atoms. The van der Waals surface area contributed by atoms with Gasteiger partial charge in [-0.05, 0) is 37.1 Å². The number of aryl methyl sites for hydroxylation is 2. The summed E-state index contributed by atoms with van der Waals surface area (Å²) >= 11 is 5.88. The fourth-order valence-corrected chi connectivity index (χ4v) is 2.03. The molecule has 4 heteroatoms. The van der Waals surface area contributed by atoms with Crippen molar-refractivity contribution in [2.75, 3.05) is 11.1 Å². The van der Waals surface area contributed by atoms with Crippen LogP contribution in [0.5, 0.6) is 0 Å². The SMILES string of the molecule is Cc1ccc(CCC(=O)Nc2cc(Cl)ccc2N)cc1. The first-order valence-corrected chi connectivity index (χ1v) is 6.83. The number of carbonyl (C=O) groups excluding carboxylic acids is 1. The van der Waals surface area contributed by atoms with Crippen molar-refractivity contribution >= 4 is 28.9 Å². The minimum Gasteiger partial charge on any atom is -0.397 e. The lowest BCUT2D eigenvalue weighted by Crippen LogP contribution is -2.13. The highest BCUT2D eigenvalue weighted by Crippen LogP contribution is 2.23. The molecule has 0 aliphatic carbocycles. The van der Waals surface area contributed by atoms with E-state index < -0.39 is 0 Å². The van der Waals surface area contributed by atoms with Gasteiger partial charge >= 0.3 is 0 Å². The minimum absolute atomic E-state index is 0.0699. The number of rotatable bonds is 4. The Morgan fingerprint density at radius 3 is 2.60 bits per heavy atom. The number of anilines is 2. The van der Waals surface area contributed by atoms with Gasteiger partial charge in [0.25, 0.3) is 0 Å². The second-order valence-corrected chi connectivity index (χ2v) is 5.20. The molecule has 2 rings (SSSR count). The molecule has 0 aliphatic heterocycles. The third-order valence-corrected chi connectivity index (χ3v) is 3.29. The van der Waals surface area contributed by atoms with E-state index in [1.54, 1.807) is 18.2 Å². The van der Waals surface area contributed by atoms with Gasteiger partial charge in [0.15, 0.2) is 0 Å². The zero-order valence-electron chi connectivity index (χ0n) is 11.3. The van der Waals surface area contributed by atoms with Gasteiger partial charge in [-0.3, -0.25) is 4.79 Å². The van der Waals surface area contributed by atoms with Crippen LogP contribution >= 0.6 is 11.6 Å². The van der Waals surface area contributed by atoms with Gasteiger partial charge in [0.2, 0.25) is 5.91 Å². The first-order valence-electron chi connectivity index (χ1n) is 6.45. The molecule has 3 N–H and O–H groups in total. The molecule has 0 saturated heterocycles. The van der Waals surface area contributed by atoms with Gasteiger partial charge in [0, 0.05) is 11.4 Å². The highest BCUT2D eigenvalue weighted by molar-refractivity contribution is 6.31. The van der Waals surface area contributed by atoms with E-state index in [2.05, 4.69) is 5.32 Å². The standard InChI is InChI=1S/C16H17ClN2O/c1-11-2-4-12(5-3-11)6-9-16(20)19-15-10-13(17)7-8-14(15)18/h2-5,7-8,10H,6,9,18H2,1H3,(H,19,20). The zero-order chi connectivity index (χ0) is 14.5. The molecule has 20 heavy (non-hydrogen) atoms. The second-order valence-electron chi connectivity index (χ2n) is 4.77. The number of amides is 1. The average Bonchev–Trinajstić information content (AvgIpc) is 2.42. The van der Waals surface area contributed by atoms with Gasteiger partial charge in [-0.25, -0.2) is 0 Å². The van der Waals surface area contributed by atoms with E-state index in [9.17, 15) is 4.79 Å². The van der Waals surface area contributed by atoms with Crippen LogP contribution in [-0.4, -0.2) is 5.91 Å². The fourth-order valence-electron chi connectivity index (χ4n) is 1.86. The molecule has 0 spiro atoms. The van der Waals surface area contributed by atoms with E-state index in [4.69, 9.17) is 17.3 Å². The lowest BCUT2D eigenvalue weighted by Gasteiger charge is -2.08. The van der Waals surface area contributed by atoms with Crippen LogP contribution in [0.1, 0.15) is 17.5 Å². The average molecular weight is 289 g/mol. The molecule has 0 fully saturated rings. The van der Waals surface area contributed by atoms with Crippen LogP contribution in [0.25, 0.3) is 0 Å². The third-order valence-electron chi connectivity index (χ3n) is 3.05. The Labute approximate surface area is 123 Å². The smallest absolute Gasteiger partial charge is 0.224 e. The largest absolute Gasteiger partial charge is 0.397 e. The van der Waals surface area contributed by atoms with Gasteiger partial charge in [-0.1, -0.05) is 41.4 Å². The lowest BCUT2D eigenvalue weighted by molar-refractivity contribution is -0.116. The van der Waals surface area contributed by atoms with Gasteiger partial charge in [0.05, 0.1) is 11.4 Å². The van der Waals surface area contributed by atoms with Crippen molar-refractivity contribution in [2.24, 2.45) is 0 Å². The number of hydrogen-bond donors (Lipinski definition) is 2. The number of halogens is 1. The summed E-state index contributed by atoms with van der Waals surface area (Å²) in [7, 11) is 0. The van der Waals surface area contributed by atoms with Gasteiger partial charge in [-0.15, -0.1) is 0 Å². The number of hydrogen-bond acceptors (Lipinski definition) is 2. The predicted molar refractivity (Wildman–Crippen MR) is 84.0 cm³/mol. The number of nitrogen functional groups attached to an aromatic ring is 1. The second kappa shape index (κ2) is 6.44. The Kier molecular flexibility index (Phi) is 4.64. The summed E-state index contributed by atoms with van der Waals surface area (Å²) in [5.41, 5.74) is 9.22. The van der Waals surface area contributed by atoms with E-state index >= 15 is 0 Å². The predicted octanol–water partition coefficient (Wildman–Crippen LogP) is 3.80. The number of benzene rings is 2. The number of carbonyl (C=O) groups is 1. The highest BCUT2D eigenvalue weighted by atomic mass is 35.5. The molecule has 104 valence electrons. The Hall–Kier alpha value is -2.00. The molecule has 0 aliphatic rings. The van der Waals surface area contributed by atoms with Crippen molar-refractivity contribution in [1.29, 1.82) is 0 Å². The normalized spacial score (nSPS) is 10.3. The van der Waals surface area contributed by atoms with Crippen LogP contribution in [0.4, 0.5) is 11.4 Å². The third kappa shape index (κ3) is 4.00. The van der Waals surface area contributed by atoms with Crippen LogP contribution in [0.2, 0.25) is 5.02 Å². The molecule has 3 nitrogen and oxygen atoms in total. The molecule has 0 radical (unpaired) electrons. The summed E-state index contributed by atoms with van der Waals surface area (Å²) in [4.78, 5) is 11.9. The van der Waals surface area contributed by atoms with E-state index in [1.165, 1.54) is 5.56 Å². The van der Waals surface area contributed by atoms with E-state index in [-0.39, 0.29) is 5.91 Å². The molecular formula is C16H17ClN2O. The monoisotopic (exact) mass is 288 g/mol. The van der Waals surface area contributed by atoms with E-state index in [0.29, 0.717) is 29.2 Å². The Bertz CT molecular complexity index is 608. The lowest BCUT2D eigenvalue weighted by atomic mass is 10.1. The van der Waals surface area contributed by atoms with Crippen LogP contribution in [0, 0.1) is 6.92 Å². The molecule has 0 unspecified atom stereocenters. The van der Waals surface area contributed by atoms with Gasteiger partial charge < -0.3 is 11.1 Å². The van der Waals surface area contributed by atoms with Crippen LogP contribution in [0.15, 0.2) is 42.5 Å². The van der Waals surface area contributed by atoms with Gasteiger partial charge in [0.1, 0.15) is 0 Å². The summed E-state index contributed by atoms with van der Waals surface area (Å²) in [6.07, 6.45) is 1.11. The quantitative estimate of drug-likeness (QED) is 0.841. The molecular weight excluding hydrogens is 272 g/mol. The number of nitrogens with one attached hydrogen (secondary N) is 1. The van der Waals surface area contributed by atoms with Crippen LogP contribution in [-0.2, 0) is 11.2 Å². The molecule has 2 aromatic rings. The van der Waals surface area contributed by atoms with Crippen molar-refractivity contribution in [1.82, 2.24) is 0 Å². The minimum atomic E-state index is -0.0699. The summed E-state index contributed by atoms with van der Waals surface area (Å²) < 4.78 is 0.